The molecule has 166 valence electrons. The number of hydrogen-bond acceptors (Lipinski definition) is 3. The lowest BCUT2D eigenvalue weighted by Crippen LogP contribution is -1.95. The van der Waals surface area contributed by atoms with E-state index >= 15 is 0 Å². The van der Waals surface area contributed by atoms with Crippen LogP contribution in [0.3, 0.4) is 0 Å². The Morgan fingerprint density at radius 1 is 0.788 bits per heavy atom. The maximum absolute atomic E-state index is 4.33. The van der Waals surface area contributed by atoms with Crippen LogP contribution in [0, 0.1) is 5.92 Å². The number of benzene rings is 4. The molecule has 2 unspecified atom stereocenters. The first-order chi connectivity index (χ1) is 15.3. The monoisotopic (exact) mass is 454 g/mol. The van der Waals surface area contributed by atoms with Crippen molar-refractivity contribution >= 4 is 23.2 Å². The van der Waals surface area contributed by atoms with Crippen molar-refractivity contribution in [3.63, 3.8) is 0 Å². The van der Waals surface area contributed by atoms with Gasteiger partial charge in [0.15, 0.2) is 0 Å². The van der Waals surface area contributed by atoms with Gasteiger partial charge in [0.05, 0.1) is 11.9 Å². The molecule has 0 aliphatic heterocycles. The Balaban J connectivity index is 0.00000130. The van der Waals surface area contributed by atoms with Crippen LogP contribution in [0.2, 0.25) is 0 Å². The number of nitrogens with zero attached hydrogens (tertiary/aromatic N) is 3. The topological polar surface area (TPSA) is 65.7 Å². The highest BCUT2D eigenvalue weighted by molar-refractivity contribution is 5.85. The van der Waals surface area contributed by atoms with Crippen LogP contribution in [0.15, 0.2) is 103 Å². The van der Waals surface area contributed by atoms with Gasteiger partial charge in [-0.05, 0) is 58.7 Å². The predicted octanol–water partition coefficient (Wildman–Crippen LogP) is 7.02. The second-order valence-electron chi connectivity index (χ2n) is 8.49. The minimum atomic E-state index is 0. The third-order valence-electron chi connectivity index (χ3n) is 6.38. The minimum absolute atomic E-state index is 0. The van der Waals surface area contributed by atoms with Gasteiger partial charge >= 0.3 is 0 Å². The largest absolute Gasteiger partial charge is 0.344 e. The highest BCUT2D eigenvalue weighted by Crippen LogP contribution is 2.49. The second-order valence-corrected chi connectivity index (χ2v) is 8.49. The average molecular weight is 455 g/mol. The van der Waals surface area contributed by atoms with Crippen molar-refractivity contribution in [1.82, 2.24) is 21.1 Å². The molecule has 5 aromatic rings. The van der Waals surface area contributed by atoms with E-state index in [1.54, 1.807) is 0 Å². The van der Waals surface area contributed by atoms with Crippen LogP contribution in [0.25, 0.3) is 27.7 Å². The van der Waals surface area contributed by atoms with Crippen molar-refractivity contribution in [2.75, 3.05) is 0 Å². The van der Waals surface area contributed by atoms with Crippen molar-refractivity contribution in [1.29, 1.82) is 0 Å². The number of rotatable bonds is 5. The van der Waals surface area contributed by atoms with Gasteiger partial charge in [0, 0.05) is 5.56 Å². The average Bonchev–Trinajstić information content (AvgIpc) is 3.41. The van der Waals surface area contributed by atoms with E-state index in [-0.39, 0.29) is 18.6 Å². The Morgan fingerprint density at radius 3 is 2.30 bits per heavy atom. The molecular weight excluding hydrogens is 428 g/mol. The number of aromatic nitrogens is 3. The van der Waals surface area contributed by atoms with Gasteiger partial charge in [0.2, 0.25) is 0 Å². The summed E-state index contributed by atoms with van der Waals surface area (Å²) in [5.74, 6) is 1.40. The molecule has 1 aromatic heterocycles. The highest BCUT2D eigenvalue weighted by Gasteiger charge is 2.37. The Labute approximate surface area is 200 Å². The van der Waals surface area contributed by atoms with E-state index < -0.39 is 0 Å². The van der Waals surface area contributed by atoms with Crippen LogP contribution < -0.4 is 6.15 Å². The summed E-state index contributed by atoms with van der Waals surface area (Å²) < 4.78 is 1.85. The van der Waals surface area contributed by atoms with Gasteiger partial charge in [-0.1, -0.05) is 90.1 Å². The molecule has 4 aromatic carbocycles. The molecule has 1 saturated carbocycles. The molecule has 0 bridgehead atoms. The minimum Gasteiger partial charge on any atom is -0.344 e. The standard InChI is InChI=1S/C28H23N3.ClH.H3N/c1-2-7-23(8-3-1)28-19-31(30-29-28)26-14-12-22(13-15-26)27-18-25(27)17-20-10-11-21-6-4-5-9-24(21)16-20;;/h1-16,19,25,27H,17-18H2;1H;1H3. The number of fused-ring (bicyclic) bond motifs is 1. The van der Waals surface area contributed by atoms with E-state index in [4.69, 9.17) is 0 Å². The van der Waals surface area contributed by atoms with Crippen molar-refractivity contribution in [2.24, 2.45) is 5.92 Å². The zero-order valence-corrected chi connectivity index (χ0v) is 19.2. The van der Waals surface area contributed by atoms with E-state index in [2.05, 4.69) is 89.2 Å². The van der Waals surface area contributed by atoms with Crippen molar-refractivity contribution in [3.8, 4) is 16.9 Å². The quantitative estimate of drug-likeness (QED) is 0.310. The summed E-state index contributed by atoms with van der Waals surface area (Å²) in [7, 11) is 0. The van der Waals surface area contributed by atoms with Crippen LogP contribution in [-0.2, 0) is 6.42 Å². The van der Waals surface area contributed by atoms with Gasteiger partial charge in [0.1, 0.15) is 5.69 Å². The van der Waals surface area contributed by atoms with E-state index in [1.165, 1.54) is 28.3 Å². The van der Waals surface area contributed by atoms with Gasteiger partial charge in [-0.3, -0.25) is 0 Å². The van der Waals surface area contributed by atoms with E-state index in [0.29, 0.717) is 5.92 Å². The third kappa shape index (κ3) is 4.68. The lowest BCUT2D eigenvalue weighted by Gasteiger charge is -2.05. The maximum Gasteiger partial charge on any atom is 0.113 e. The molecule has 2 atom stereocenters. The molecule has 5 heteroatoms. The SMILES string of the molecule is Cl.N.c1ccc(-c2cn(-c3ccc(C4CC4Cc4ccc5ccccc5c4)cc3)nn2)cc1. The summed E-state index contributed by atoms with van der Waals surface area (Å²) in [5.41, 5.74) is 5.89. The smallest absolute Gasteiger partial charge is 0.113 e. The van der Waals surface area contributed by atoms with Crippen LogP contribution >= 0.6 is 12.4 Å². The maximum atomic E-state index is 4.33. The summed E-state index contributed by atoms with van der Waals surface area (Å²) in [4.78, 5) is 0. The molecule has 0 amide bonds. The lowest BCUT2D eigenvalue weighted by molar-refractivity contribution is 0.791. The molecular formula is C28H27ClN4. The van der Waals surface area contributed by atoms with Crippen LogP contribution in [0.1, 0.15) is 23.5 Å². The fourth-order valence-electron chi connectivity index (χ4n) is 4.56. The van der Waals surface area contributed by atoms with E-state index in [1.807, 2.05) is 29.1 Å². The van der Waals surface area contributed by atoms with Crippen molar-refractivity contribution in [3.05, 3.63) is 114 Å². The molecule has 0 spiro atoms. The molecule has 0 radical (unpaired) electrons. The van der Waals surface area contributed by atoms with Crippen molar-refractivity contribution < 1.29 is 0 Å². The molecule has 1 aliphatic rings. The van der Waals surface area contributed by atoms with Crippen LogP contribution in [0.5, 0.6) is 0 Å². The fraction of sp³-hybridized carbons (Fsp3) is 0.143. The molecule has 6 rings (SSSR count). The number of hydrogen-bond donors (Lipinski definition) is 1. The van der Waals surface area contributed by atoms with Crippen LogP contribution in [-0.4, -0.2) is 15.0 Å². The fourth-order valence-corrected chi connectivity index (χ4v) is 4.56. The predicted molar refractivity (Wildman–Crippen MR) is 138 cm³/mol. The Morgan fingerprint density at radius 2 is 1.52 bits per heavy atom. The van der Waals surface area contributed by atoms with Crippen molar-refractivity contribution in [2.45, 2.75) is 18.8 Å². The van der Waals surface area contributed by atoms with Gasteiger partial charge in [-0.25, -0.2) is 4.68 Å². The van der Waals surface area contributed by atoms with Gasteiger partial charge in [-0.15, -0.1) is 17.5 Å². The van der Waals surface area contributed by atoms with E-state index in [9.17, 15) is 0 Å². The zero-order chi connectivity index (χ0) is 20.6. The second kappa shape index (κ2) is 9.57. The molecule has 3 N–H and O–H groups in total. The summed E-state index contributed by atoms with van der Waals surface area (Å²) in [6.45, 7) is 0. The molecule has 33 heavy (non-hydrogen) atoms. The Hall–Kier alpha value is -3.47. The summed E-state index contributed by atoms with van der Waals surface area (Å²) >= 11 is 0. The molecule has 1 aliphatic carbocycles. The zero-order valence-electron chi connectivity index (χ0n) is 18.3. The Kier molecular flexibility index (Phi) is 6.59. The van der Waals surface area contributed by atoms with E-state index in [0.717, 1.165) is 29.3 Å². The first-order valence-corrected chi connectivity index (χ1v) is 10.9. The first-order valence-electron chi connectivity index (χ1n) is 10.9. The normalized spacial score (nSPS) is 16.6. The van der Waals surface area contributed by atoms with Gasteiger partial charge in [-0.2, -0.15) is 0 Å². The lowest BCUT2D eigenvalue weighted by atomic mass is 10.0. The van der Waals surface area contributed by atoms with Gasteiger partial charge in [0.25, 0.3) is 0 Å². The third-order valence-corrected chi connectivity index (χ3v) is 6.38. The molecule has 0 saturated heterocycles. The first kappa shape index (κ1) is 22.7. The summed E-state index contributed by atoms with van der Waals surface area (Å²) in [5, 5.41) is 11.3. The summed E-state index contributed by atoms with van der Waals surface area (Å²) in [6, 6.07) is 34.5. The Bertz CT molecular complexity index is 1350. The number of halogens is 1. The summed E-state index contributed by atoms with van der Waals surface area (Å²) in [6.07, 6.45) is 4.42. The van der Waals surface area contributed by atoms with Crippen LogP contribution in [0.4, 0.5) is 0 Å². The molecule has 1 heterocycles. The highest BCUT2D eigenvalue weighted by atomic mass is 35.5. The molecule has 4 nitrogen and oxygen atoms in total. The molecule has 1 fully saturated rings. The van der Waals surface area contributed by atoms with Gasteiger partial charge < -0.3 is 6.15 Å².